The first-order valence-corrected chi connectivity index (χ1v) is 6.41. The SMILES string of the molecule is C[C@H](CN)NCc1cc(Br)sc1Br. The Balaban J connectivity index is 2.49. The number of thiophene rings is 1. The van der Waals surface area contributed by atoms with Crippen molar-refractivity contribution < 1.29 is 0 Å². The average Bonchev–Trinajstić information content (AvgIpc) is 2.41. The molecule has 1 atom stereocenters. The molecule has 1 aromatic heterocycles. The smallest absolute Gasteiger partial charge is 0.0755 e. The highest BCUT2D eigenvalue weighted by Crippen LogP contribution is 2.31. The van der Waals surface area contributed by atoms with Crippen molar-refractivity contribution in [2.45, 2.75) is 19.5 Å². The molecule has 0 amide bonds. The van der Waals surface area contributed by atoms with Gasteiger partial charge >= 0.3 is 0 Å². The van der Waals surface area contributed by atoms with Crippen molar-refractivity contribution in [3.63, 3.8) is 0 Å². The van der Waals surface area contributed by atoms with Crippen LogP contribution in [0.3, 0.4) is 0 Å². The fourth-order valence-electron chi connectivity index (χ4n) is 0.862. The number of rotatable bonds is 4. The van der Waals surface area contributed by atoms with Gasteiger partial charge in [0.1, 0.15) is 0 Å². The van der Waals surface area contributed by atoms with Crippen molar-refractivity contribution in [3.8, 4) is 0 Å². The van der Waals surface area contributed by atoms with Crippen LogP contribution >= 0.6 is 43.2 Å². The van der Waals surface area contributed by atoms with Crippen LogP contribution in [0.15, 0.2) is 13.6 Å². The standard InChI is InChI=1S/C8H12Br2N2S/c1-5(3-11)12-4-6-2-7(9)13-8(6)10/h2,5,12H,3-4,11H2,1H3/t5-/m1/s1. The summed E-state index contributed by atoms with van der Waals surface area (Å²) in [4.78, 5) is 0. The lowest BCUT2D eigenvalue weighted by Gasteiger charge is -2.09. The van der Waals surface area contributed by atoms with Crippen LogP contribution in [0.1, 0.15) is 12.5 Å². The van der Waals surface area contributed by atoms with Crippen molar-refractivity contribution in [1.29, 1.82) is 0 Å². The molecule has 0 unspecified atom stereocenters. The van der Waals surface area contributed by atoms with Crippen LogP contribution < -0.4 is 11.1 Å². The van der Waals surface area contributed by atoms with Crippen LogP contribution in [-0.2, 0) is 6.54 Å². The normalized spacial score (nSPS) is 13.2. The summed E-state index contributed by atoms with van der Waals surface area (Å²) in [5.41, 5.74) is 6.77. The number of halogens is 2. The van der Waals surface area contributed by atoms with Crippen molar-refractivity contribution >= 4 is 43.2 Å². The van der Waals surface area contributed by atoms with Crippen LogP contribution in [0, 0.1) is 0 Å². The Morgan fingerprint density at radius 3 is 2.77 bits per heavy atom. The first kappa shape index (κ1) is 11.7. The second-order valence-corrected chi connectivity index (χ2v) is 6.62. The molecule has 0 aliphatic carbocycles. The van der Waals surface area contributed by atoms with Gasteiger partial charge in [-0.15, -0.1) is 11.3 Å². The van der Waals surface area contributed by atoms with Gasteiger partial charge in [-0.3, -0.25) is 0 Å². The molecule has 0 spiro atoms. The van der Waals surface area contributed by atoms with E-state index in [1.807, 2.05) is 0 Å². The maximum atomic E-state index is 5.50. The van der Waals surface area contributed by atoms with E-state index in [1.54, 1.807) is 11.3 Å². The highest BCUT2D eigenvalue weighted by Gasteiger charge is 2.05. The van der Waals surface area contributed by atoms with Crippen LogP contribution in [0.25, 0.3) is 0 Å². The lowest BCUT2D eigenvalue weighted by Crippen LogP contribution is -2.32. The summed E-state index contributed by atoms with van der Waals surface area (Å²) in [7, 11) is 0. The molecule has 1 aromatic rings. The topological polar surface area (TPSA) is 38.0 Å². The fourth-order valence-corrected chi connectivity index (χ4v) is 3.69. The molecule has 1 rings (SSSR count). The lowest BCUT2D eigenvalue weighted by atomic mass is 10.3. The van der Waals surface area contributed by atoms with Gasteiger partial charge in [0.25, 0.3) is 0 Å². The molecule has 13 heavy (non-hydrogen) atoms. The van der Waals surface area contributed by atoms with Gasteiger partial charge in [-0.25, -0.2) is 0 Å². The third-order valence-corrected chi connectivity index (χ3v) is 4.19. The summed E-state index contributed by atoms with van der Waals surface area (Å²) in [5, 5.41) is 3.33. The van der Waals surface area contributed by atoms with E-state index in [-0.39, 0.29) is 0 Å². The zero-order valence-corrected chi connectivity index (χ0v) is 11.3. The van der Waals surface area contributed by atoms with Gasteiger partial charge in [0.15, 0.2) is 0 Å². The van der Waals surface area contributed by atoms with E-state index < -0.39 is 0 Å². The first-order chi connectivity index (χ1) is 6.13. The van der Waals surface area contributed by atoms with Crippen LogP contribution in [0.4, 0.5) is 0 Å². The minimum Gasteiger partial charge on any atom is -0.329 e. The summed E-state index contributed by atoms with van der Waals surface area (Å²) in [6, 6.07) is 2.48. The van der Waals surface area contributed by atoms with Gasteiger partial charge < -0.3 is 11.1 Å². The molecule has 0 radical (unpaired) electrons. The van der Waals surface area contributed by atoms with E-state index >= 15 is 0 Å². The second kappa shape index (κ2) is 5.46. The third kappa shape index (κ3) is 3.67. The maximum Gasteiger partial charge on any atom is 0.0755 e. The van der Waals surface area contributed by atoms with Crippen LogP contribution in [0.5, 0.6) is 0 Å². The number of nitrogens with one attached hydrogen (secondary N) is 1. The lowest BCUT2D eigenvalue weighted by molar-refractivity contribution is 0.556. The van der Waals surface area contributed by atoms with Gasteiger partial charge in [0.2, 0.25) is 0 Å². The van der Waals surface area contributed by atoms with Crippen LogP contribution in [-0.4, -0.2) is 12.6 Å². The number of hydrogen-bond donors (Lipinski definition) is 2. The summed E-state index contributed by atoms with van der Waals surface area (Å²) in [6.07, 6.45) is 0. The Morgan fingerprint density at radius 1 is 1.62 bits per heavy atom. The highest BCUT2D eigenvalue weighted by atomic mass is 79.9. The molecular formula is C8H12Br2N2S. The molecule has 1 heterocycles. The largest absolute Gasteiger partial charge is 0.329 e. The van der Waals surface area contributed by atoms with E-state index in [0.29, 0.717) is 12.6 Å². The van der Waals surface area contributed by atoms with E-state index in [9.17, 15) is 0 Å². The highest BCUT2D eigenvalue weighted by molar-refractivity contribution is 9.12. The molecule has 3 N–H and O–H groups in total. The summed E-state index contributed by atoms with van der Waals surface area (Å²) < 4.78 is 2.33. The van der Waals surface area contributed by atoms with Crippen molar-refractivity contribution in [2.24, 2.45) is 5.73 Å². The monoisotopic (exact) mass is 326 g/mol. The first-order valence-electron chi connectivity index (χ1n) is 4.00. The number of hydrogen-bond acceptors (Lipinski definition) is 3. The molecule has 74 valence electrons. The van der Waals surface area contributed by atoms with Crippen molar-refractivity contribution in [2.75, 3.05) is 6.54 Å². The molecule has 0 aromatic carbocycles. The van der Waals surface area contributed by atoms with Crippen LogP contribution in [0.2, 0.25) is 0 Å². The quantitative estimate of drug-likeness (QED) is 0.892. The van der Waals surface area contributed by atoms with Gasteiger partial charge in [-0.05, 0) is 50.4 Å². The Hall–Kier alpha value is 0.580. The van der Waals surface area contributed by atoms with E-state index in [0.717, 1.165) is 10.3 Å². The van der Waals surface area contributed by atoms with Gasteiger partial charge in [0.05, 0.1) is 7.57 Å². The van der Waals surface area contributed by atoms with Crippen molar-refractivity contribution in [3.05, 3.63) is 19.2 Å². The zero-order chi connectivity index (χ0) is 9.84. The van der Waals surface area contributed by atoms with E-state index in [1.165, 1.54) is 9.35 Å². The minimum atomic E-state index is 0.366. The maximum absolute atomic E-state index is 5.50. The summed E-state index contributed by atoms with van der Waals surface area (Å²) in [5.74, 6) is 0. The average molecular weight is 328 g/mol. The van der Waals surface area contributed by atoms with E-state index in [4.69, 9.17) is 5.73 Å². The minimum absolute atomic E-state index is 0.366. The Kier molecular flexibility index (Phi) is 4.89. The molecule has 0 saturated carbocycles. The molecule has 0 aliphatic rings. The molecule has 0 bridgehead atoms. The molecule has 0 saturated heterocycles. The zero-order valence-electron chi connectivity index (χ0n) is 7.31. The second-order valence-electron chi connectivity index (χ2n) is 2.87. The summed E-state index contributed by atoms with van der Waals surface area (Å²) >= 11 is 8.64. The predicted molar refractivity (Wildman–Crippen MR) is 65.1 cm³/mol. The molecule has 5 heteroatoms. The summed E-state index contributed by atoms with van der Waals surface area (Å²) in [6.45, 7) is 3.61. The van der Waals surface area contributed by atoms with Gasteiger partial charge in [0, 0.05) is 19.1 Å². The Morgan fingerprint density at radius 2 is 2.31 bits per heavy atom. The molecule has 2 nitrogen and oxygen atoms in total. The molecular weight excluding hydrogens is 316 g/mol. The molecule has 0 fully saturated rings. The van der Waals surface area contributed by atoms with E-state index in [2.05, 4.69) is 50.2 Å². The third-order valence-electron chi connectivity index (χ3n) is 1.72. The fraction of sp³-hybridized carbons (Fsp3) is 0.500. The predicted octanol–water partition coefficient (Wildman–Crippen LogP) is 2.71. The Bertz CT molecular complexity index is 275. The molecule has 0 aliphatic heterocycles. The Labute approximate surface area is 99.2 Å². The number of nitrogens with two attached hydrogens (primary N) is 1. The van der Waals surface area contributed by atoms with Gasteiger partial charge in [-0.2, -0.15) is 0 Å². The van der Waals surface area contributed by atoms with Crippen molar-refractivity contribution in [1.82, 2.24) is 5.32 Å². The van der Waals surface area contributed by atoms with Gasteiger partial charge in [-0.1, -0.05) is 0 Å².